The number of carboxylic acid groups (broad SMARTS) is 1. The number of anilines is 1. The number of carbonyl (C=O) groups excluding carboxylic acids is 4. The van der Waals surface area contributed by atoms with E-state index in [0.29, 0.717) is 23.1 Å². The standard InChI is InChI=1S/C44H47F3N8O14S2/c1-42(2,3)67-40(59)52-39-50-30(34(70-39)44(45,46)47)31(36(56)51-33-37(57)55(43(33,4)5)69-71(62,63)64)53-68-29(38(58)66-32(24-12-8-6-9-13-24)25-14-10-7-11-15-25)23-65-28-18-16-26(17-19-28)35(48)49-27-20-21-54(22-27)41(60)61/h6-19,27,29,32-33H,20-23H2,1-5H3,(H2,48,49)(H,51,56)(H,60,61)(H,50,52,59)(H,62,63,64)/b53-31-/t27-,29?,33-/m1/s1. The van der Waals surface area contributed by atoms with Crippen LogP contribution >= 0.6 is 11.3 Å². The van der Waals surface area contributed by atoms with Crippen LogP contribution in [0, 0.1) is 5.41 Å². The molecular formula is C44H47F3N8O14S2. The van der Waals surface area contributed by atoms with Crippen molar-refractivity contribution in [1.82, 2.24) is 25.6 Å². The second kappa shape index (κ2) is 21.3. The molecule has 1 aromatic heterocycles. The summed E-state index contributed by atoms with van der Waals surface area (Å²) in [6.07, 6.45) is -10.3. The average molecular weight is 1030 g/mol. The number of hydroxylamine groups is 2. The van der Waals surface area contributed by atoms with Crippen LogP contribution in [0.4, 0.5) is 27.9 Å². The van der Waals surface area contributed by atoms with E-state index in [9.17, 15) is 55.2 Å². The third-order valence-corrected chi connectivity index (χ3v) is 11.7. The summed E-state index contributed by atoms with van der Waals surface area (Å²) in [5.41, 5.74) is -4.12. The average Bonchev–Trinajstić information content (AvgIpc) is 3.95. The minimum atomic E-state index is -5.30. The summed E-state index contributed by atoms with van der Waals surface area (Å²) in [5, 5.41) is 28.2. The maximum atomic E-state index is 14.9. The largest absolute Gasteiger partial charge is 0.489 e. The number of oxime groups is 1. The van der Waals surface area contributed by atoms with Crippen molar-refractivity contribution >= 4 is 68.4 Å². The van der Waals surface area contributed by atoms with Gasteiger partial charge < -0.3 is 39.7 Å². The van der Waals surface area contributed by atoms with Gasteiger partial charge in [-0.2, -0.15) is 26.7 Å². The van der Waals surface area contributed by atoms with Crippen LogP contribution < -0.4 is 20.7 Å². The minimum Gasteiger partial charge on any atom is -0.489 e. The topological polar surface area (TPSA) is 298 Å². The van der Waals surface area contributed by atoms with E-state index in [4.69, 9.17) is 24.5 Å². The molecule has 2 fully saturated rings. The first-order valence-electron chi connectivity index (χ1n) is 21.2. The van der Waals surface area contributed by atoms with E-state index < -0.39 is 104 Å². The number of hydrogen-bond donors (Lipinski definition) is 6. The van der Waals surface area contributed by atoms with E-state index in [2.05, 4.69) is 30.4 Å². The van der Waals surface area contributed by atoms with Crippen LogP contribution in [0.5, 0.6) is 5.75 Å². The van der Waals surface area contributed by atoms with Gasteiger partial charge in [-0.3, -0.25) is 24.9 Å². The second-order valence-electron chi connectivity index (χ2n) is 17.3. The SMILES string of the molecule is CC(C)(C)OC(=O)Nc1nc(/C(=N/OC(COc2ccc(C(=N)N[C@@H]3CCN(C(=O)O)C3)cc2)C(=O)OC(c2ccccc2)c2ccccc2)C(=O)N[C@@H]2C(=O)N(OS(=O)(=O)O)C2(C)C)c(C(F)(F)F)s1. The van der Waals surface area contributed by atoms with Crippen LogP contribution in [0.2, 0.25) is 0 Å². The Morgan fingerprint density at radius 3 is 2.10 bits per heavy atom. The van der Waals surface area contributed by atoms with Gasteiger partial charge in [0.1, 0.15) is 40.4 Å². The van der Waals surface area contributed by atoms with Crippen molar-refractivity contribution in [2.24, 2.45) is 5.16 Å². The van der Waals surface area contributed by atoms with E-state index in [0.717, 1.165) is 0 Å². The van der Waals surface area contributed by atoms with Crippen LogP contribution in [-0.2, 0) is 49.6 Å². The Bertz CT molecular complexity index is 2730. The number of thiazole rings is 1. The van der Waals surface area contributed by atoms with E-state index in [-0.39, 0.29) is 47.1 Å². The summed E-state index contributed by atoms with van der Waals surface area (Å²) >= 11 is -0.139. The number of esters is 1. The number of hydrogen-bond acceptors (Lipinski definition) is 16. The van der Waals surface area contributed by atoms with Gasteiger partial charge >= 0.3 is 34.7 Å². The molecule has 6 rings (SSSR count). The zero-order valence-electron chi connectivity index (χ0n) is 38.3. The molecule has 0 spiro atoms. The summed E-state index contributed by atoms with van der Waals surface area (Å²) in [6, 6.07) is 20.6. The van der Waals surface area contributed by atoms with E-state index in [1.54, 1.807) is 60.7 Å². The molecule has 22 nitrogen and oxygen atoms in total. The molecule has 6 N–H and O–H groups in total. The summed E-state index contributed by atoms with van der Waals surface area (Å²) in [4.78, 5) is 74.7. The van der Waals surface area contributed by atoms with E-state index >= 15 is 0 Å². The Hall–Kier alpha value is -7.36. The summed E-state index contributed by atoms with van der Waals surface area (Å²) < 4.78 is 98.1. The Kier molecular flexibility index (Phi) is 15.9. The number of ether oxygens (including phenoxy) is 3. The molecule has 2 saturated heterocycles. The van der Waals surface area contributed by atoms with Crippen LogP contribution in [0.25, 0.3) is 0 Å². The fourth-order valence-electron chi connectivity index (χ4n) is 6.99. The van der Waals surface area contributed by atoms with Gasteiger partial charge in [-0.1, -0.05) is 77.2 Å². The monoisotopic (exact) mass is 1030 g/mol. The van der Waals surface area contributed by atoms with Gasteiger partial charge in [0.2, 0.25) is 0 Å². The quantitative estimate of drug-likeness (QED) is 0.0190. The summed E-state index contributed by atoms with van der Waals surface area (Å²) in [7, 11) is -5.27. The number of rotatable bonds is 17. The molecule has 3 atom stereocenters. The minimum absolute atomic E-state index is 0.0260. The van der Waals surface area contributed by atoms with E-state index in [1.807, 2.05) is 0 Å². The third-order valence-electron chi connectivity index (χ3n) is 10.4. The van der Waals surface area contributed by atoms with Crippen molar-refractivity contribution in [3.63, 3.8) is 0 Å². The van der Waals surface area contributed by atoms with Crippen molar-refractivity contribution < 1.29 is 78.6 Å². The zero-order valence-corrected chi connectivity index (χ0v) is 39.9. The summed E-state index contributed by atoms with van der Waals surface area (Å²) in [5.74, 6) is -4.03. The molecule has 2 aliphatic rings. The number of nitrogens with zero attached hydrogens (tertiary/aromatic N) is 4. The third kappa shape index (κ3) is 13.7. The van der Waals surface area contributed by atoms with Gasteiger partial charge in [0.25, 0.3) is 17.9 Å². The fourth-order valence-corrected chi connectivity index (χ4v) is 8.27. The molecule has 0 radical (unpaired) electrons. The number of β-lactam (4-membered cyclic amide) rings is 1. The number of benzene rings is 3. The van der Waals surface area contributed by atoms with Gasteiger partial charge in [0, 0.05) is 24.7 Å². The molecule has 4 aromatic rings. The molecule has 71 heavy (non-hydrogen) atoms. The van der Waals surface area contributed by atoms with Crippen molar-refractivity contribution in [2.75, 3.05) is 25.0 Å². The first kappa shape index (κ1) is 53.0. The predicted octanol–water partition coefficient (Wildman–Crippen LogP) is 5.52. The smallest absolute Gasteiger partial charge is 0.427 e. The van der Waals surface area contributed by atoms with Gasteiger partial charge in [-0.05, 0) is 76.4 Å². The van der Waals surface area contributed by atoms with Gasteiger partial charge in [0.05, 0.1) is 5.54 Å². The zero-order chi connectivity index (χ0) is 52.1. The molecule has 0 saturated carbocycles. The van der Waals surface area contributed by atoms with Crippen molar-refractivity contribution in [3.8, 4) is 5.75 Å². The number of alkyl halides is 3. The first-order valence-corrected chi connectivity index (χ1v) is 23.4. The number of amidine groups is 1. The van der Waals surface area contributed by atoms with Crippen molar-refractivity contribution in [1.29, 1.82) is 5.41 Å². The molecule has 380 valence electrons. The molecule has 0 bridgehead atoms. The highest BCUT2D eigenvalue weighted by Crippen LogP contribution is 2.40. The van der Waals surface area contributed by atoms with Crippen LogP contribution in [0.15, 0.2) is 90.1 Å². The Balaban J connectivity index is 1.36. The lowest BCUT2D eigenvalue weighted by Gasteiger charge is -2.50. The number of likely N-dealkylation sites (tertiary alicyclic amines) is 1. The molecule has 1 unspecified atom stereocenters. The lowest BCUT2D eigenvalue weighted by atomic mass is 9.84. The molecule has 2 aliphatic heterocycles. The molecule has 3 heterocycles. The van der Waals surface area contributed by atoms with Gasteiger partial charge in [-0.15, -0.1) is 4.28 Å². The van der Waals surface area contributed by atoms with E-state index in [1.165, 1.54) is 63.8 Å². The van der Waals surface area contributed by atoms with Crippen molar-refractivity contribution in [2.45, 2.75) is 82.6 Å². The molecular weight excluding hydrogens is 986 g/mol. The fraction of sp³-hybridized carbons (Fsp3) is 0.364. The molecule has 3 aromatic carbocycles. The highest BCUT2D eigenvalue weighted by Gasteiger charge is 2.58. The highest BCUT2D eigenvalue weighted by molar-refractivity contribution is 7.80. The first-order chi connectivity index (χ1) is 33.2. The van der Waals surface area contributed by atoms with Gasteiger partial charge in [-0.25, -0.2) is 19.4 Å². The lowest BCUT2D eigenvalue weighted by molar-refractivity contribution is -0.218. The predicted molar refractivity (Wildman–Crippen MR) is 245 cm³/mol. The van der Waals surface area contributed by atoms with Crippen LogP contribution in [-0.4, -0.2) is 124 Å². The number of carbonyl (C=O) groups is 5. The molecule has 0 aliphatic carbocycles. The Morgan fingerprint density at radius 2 is 1.58 bits per heavy atom. The Morgan fingerprint density at radius 1 is 0.972 bits per heavy atom. The van der Waals surface area contributed by atoms with Crippen LogP contribution in [0.1, 0.15) is 74.4 Å². The number of nitrogens with one attached hydrogen (secondary N) is 4. The second-order valence-corrected chi connectivity index (χ2v) is 19.3. The van der Waals surface area contributed by atoms with Crippen LogP contribution in [0.3, 0.4) is 0 Å². The number of aromatic nitrogens is 1. The lowest BCUT2D eigenvalue weighted by Crippen LogP contribution is -2.76. The Labute approximate surface area is 407 Å². The maximum absolute atomic E-state index is 14.9. The highest BCUT2D eigenvalue weighted by atomic mass is 32.3. The van der Waals surface area contributed by atoms with Crippen molar-refractivity contribution in [3.05, 3.63) is 112 Å². The normalized spacial score (nSPS) is 17.4. The number of halogens is 3. The molecule has 27 heteroatoms. The van der Waals surface area contributed by atoms with Gasteiger partial charge in [0.15, 0.2) is 16.9 Å². The maximum Gasteiger partial charge on any atom is 0.427 e. The number of amides is 4. The summed E-state index contributed by atoms with van der Waals surface area (Å²) in [6.45, 7) is 6.49. The molecule has 4 amide bonds.